The van der Waals surface area contributed by atoms with Gasteiger partial charge in [-0.25, -0.2) is 4.79 Å². The highest BCUT2D eigenvalue weighted by Gasteiger charge is 2.19. The Balaban J connectivity index is 1.89. The normalized spacial score (nSPS) is 11.3. The van der Waals surface area contributed by atoms with Gasteiger partial charge < -0.3 is 15.8 Å². The fourth-order valence-electron chi connectivity index (χ4n) is 2.58. The number of carbonyl (C=O) groups excluding carboxylic acids is 2. The Bertz CT molecular complexity index is 983. The lowest BCUT2D eigenvalue weighted by atomic mass is 10.1. The largest absolute Gasteiger partial charge is 0.443 e. The first kappa shape index (κ1) is 17.5. The number of nitrogen functional groups attached to an aromatic ring is 1. The van der Waals surface area contributed by atoms with E-state index in [-0.39, 0.29) is 5.91 Å². The SMILES string of the molecule is CC(C)(C)OC(=O)n1ccc2ccc(NC(=O)c3ccccc3N)cc21. The molecule has 0 aliphatic rings. The zero-order chi connectivity index (χ0) is 18.9. The van der Waals surface area contributed by atoms with Gasteiger partial charge in [0.1, 0.15) is 5.60 Å². The van der Waals surface area contributed by atoms with Crippen molar-refractivity contribution in [1.82, 2.24) is 4.57 Å². The van der Waals surface area contributed by atoms with Crippen LogP contribution < -0.4 is 11.1 Å². The van der Waals surface area contributed by atoms with Crippen molar-refractivity contribution in [3.05, 3.63) is 60.3 Å². The van der Waals surface area contributed by atoms with Gasteiger partial charge in [-0.3, -0.25) is 9.36 Å². The molecule has 0 saturated heterocycles. The minimum absolute atomic E-state index is 0.308. The Morgan fingerprint density at radius 1 is 1.08 bits per heavy atom. The van der Waals surface area contributed by atoms with E-state index < -0.39 is 11.7 Å². The monoisotopic (exact) mass is 351 g/mol. The number of hydrogen-bond acceptors (Lipinski definition) is 4. The van der Waals surface area contributed by atoms with Gasteiger partial charge in [0.25, 0.3) is 5.91 Å². The molecule has 6 heteroatoms. The Labute approximate surface area is 151 Å². The van der Waals surface area contributed by atoms with Crippen molar-refractivity contribution in [2.24, 2.45) is 0 Å². The summed E-state index contributed by atoms with van der Waals surface area (Å²) in [6, 6.07) is 14.0. The summed E-state index contributed by atoms with van der Waals surface area (Å²) >= 11 is 0. The molecule has 1 aromatic heterocycles. The van der Waals surface area contributed by atoms with Crippen molar-refractivity contribution >= 4 is 34.3 Å². The van der Waals surface area contributed by atoms with Crippen LogP contribution in [-0.4, -0.2) is 22.2 Å². The van der Waals surface area contributed by atoms with Crippen LogP contribution in [0.1, 0.15) is 31.1 Å². The van der Waals surface area contributed by atoms with Crippen LogP contribution in [0.3, 0.4) is 0 Å². The second-order valence-electron chi connectivity index (χ2n) is 6.98. The summed E-state index contributed by atoms with van der Waals surface area (Å²) in [7, 11) is 0. The maximum absolute atomic E-state index is 12.4. The molecule has 134 valence electrons. The number of para-hydroxylation sites is 1. The highest BCUT2D eigenvalue weighted by molar-refractivity contribution is 6.08. The summed E-state index contributed by atoms with van der Waals surface area (Å²) in [6.07, 6.45) is 1.18. The van der Waals surface area contributed by atoms with Crippen molar-refractivity contribution in [3.63, 3.8) is 0 Å². The summed E-state index contributed by atoms with van der Waals surface area (Å²) in [4.78, 5) is 24.8. The Hall–Kier alpha value is -3.28. The second-order valence-corrected chi connectivity index (χ2v) is 6.98. The molecule has 1 heterocycles. The number of anilines is 2. The van der Waals surface area contributed by atoms with Gasteiger partial charge in [-0.1, -0.05) is 18.2 Å². The zero-order valence-corrected chi connectivity index (χ0v) is 14.9. The molecule has 0 aliphatic carbocycles. The lowest BCUT2D eigenvalue weighted by Gasteiger charge is -2.19. The number of aromatic nitrogens is 1. The first-order valence-corrected chi connectivity index (χ1v) is 8.25. The molecular formula is C20H21N3O3. The highest BCUT2D eigenvalue weighted by atomic mass is 16.6. The van der Waals surface area contributed by atoms with Crippen LogP contribution in [0.15, 0.2) is 54.7 Å². The molecule has 3 rings (SSSR count). The number of amides is 1. The summed E-state index contributed by atoms with van der Waals surface area (Å²) in [5.41, 5.74) is 7.27. The minimum Gasteiger partial charge on any atom is -0.443 e. The van der Waals surface area contributed by atoms with Crippen LogP contribution in [0.4, 0.5) is 16.2 Å². The van der Waals surface area contributed by atoms with Gasteiger partial charge in [0.2, 0.25) is 0 Å². The van der Waals surface area contributed by atoms with E-state index in [0.717, 1.165) is 5.39 Å². The molecule has 3 N–H and O–H groups in total. The van der Waals surface area contributed by atoms with Gasteiger partial charge in [-0.05, 0) is 51.1 Å². The summed E-state index contributed by atoms with van der Waals surface area (Å²) in [5.74, 6) is -0.308. The molecule has 0 bridgehead atoms. The number of rotatable bonds is 2. The Kier molecular flexibility index (Phi) is 4.42. The molecule has 0 aliphatic heterocycles. The van der Waals surface area contributed by atoms with Gasteiger partial charge in [-0.2, -0.15) is 0 Å². The molecule has 3 aromatic rings. The van der Waals surface area contributed by atoms with Gasteiger partial charge in [0, 0.05) is 23.0 Å². The first-order chi connectivity index (χ1) is 12.2. The first-order valence-electron chi connectivity index (χ1n) is 8.25. The third-order valence-electron chi connectivity index (χ3n) is 3.75. The molecule has 0 atom stereocenters. The lowest BCUT2D eigenvalue weighted by molar-refractivity contribution is 0.0544. The number of benzene rings is 2. The average Bonchev–Trinajstić information content (AvgIpc) is 2.97. The van der Waals surface area contributed by atoms with E-state index in [1.54, 1.807) is 42.6 Å². The Morgan fingerprint density at radius 3 is 2.50 bits per heavy atom. The van der Waals surface area contributed by atoms with E-state index in [2.05, 4.69) is 5.32 Å². The molecule has 1 amide bonds. The van der Waals surface area contributed by atoms with E-state index in [1.807, 2.05) is 32.9 Å². The summed E-state index contributed by atoms with van der Waals surface area (Å²) in [5, 5.41) is 3.68. The fourth-order valence-corrected chi connectivity index (χ4v) is 2.58. The van der Waals surface area contributed by atoms with Crippen LogP contribution in [-0.2, 0) is 4.74 Å². The molecular weight excluding hydrogens is 330 g/mol. The van der Waals surface area contributed by atoms with Crippen molar-refractivity contribution < 1.29 is 14.3 Å². The number of nitrogens with one attached hydrogen (secondary N) is 1. The topological polar surface area (TPSA) is 86.3 Å². The van der Waals surface area contributed by atoms with E-state index in [1.165, 1.54) is 4.57 Å². The summed E-state index contributed by atoms with van der Waals surface area (Å²) in [6.45, 7) is 5.44. The Morgan fingerprint density at radius 2 is 1.81 bits per heavy atom. The quantitative estimate of drug-likeness (QED) is 0.676. The number of nitrogens with two attached hydrogens (primary N) is 1. The minimum atomic E-state index is -0.593. The van der Waals surface area contributed by atoms with Crippen molar-refractivity contribution in [3.8, 4) is 0 Å². The maximum Gasteiger partial charge on any atom is 0.418 e. The van der Waals surface area contributed by atoms with E-state index in [4.69, 9.17) is 10.5 Å². The maximum atomic E-state index is 12.4. The average molecular weight is 351 g/mol. The molecule has 0 radical (unpaired) electrons. The lowest BCUT2D eigenvalue weighted by Crippen LogP contribution is -2.26. The van der Waals surface area contributed by atoms with Gasteiger partial charge >= 0.3 is 6.09 Å². The van der Waals surface area contributed by atoms with Gasteiger partial charge in [-0.15, -0.1) is 0 Å². The van der Waals surface area contributed by atoms with Crippen molar-refractivity contribution in [2.75, 3.05) is 11.1 Å². The predicted octanol–water partition coefficient (Wildman–Crippen LogP) is 4.26. The molecule has 26 heavy (non-hydrogen) atoms. The molecule has 6 nitrogen and oxygen atoms in total. The van der Waals surface area contributed by atoms with E-state index in [9.17, 15) is 9.59 Å². The van der Waals surface area contributed by atoms with Crippen LogP contribution in [0.5, 0.6) is 0 Å². The third kappa shape index (κ3) is 3.69. The van der Waals surface area contributed by atoms with Crippen LogP contribution in [0, 0.1) is 0 Å². The number of fused-ring (bicyclic) bond motifs is 1. The number of ether oxygens (including phenoxy) is 1. The number of carbonyl (C=O) groups is 2. The molecule has 0 saturated carbocycles. The van der Waals surface area contributed by atoms with Crippen LogP contribution in [0.2, 0.25) is 0 Å². The standard InChI is InChI=1S/C20H21N3O3/c1-20(2,3)26-19(25)23-11-10-13-8-9-14(12-17(13)23)22-18(24)15-6-4-5-7-16(15)21/h4-12H,21H2,1-3H3,(H,22,24). The van der Waals surface area contributed by atoms with Gasteiger partial charge in [0.05, 0.1) is 11.1 Å². The number of nitrogens with zero attached hydrogens (tertiary/aromatic N) is 1. The molecule has 0 spiro atoms. The van der Waals surface area contributed by atoms with Gasteiger partial charge in [0.15, 0.2) is 0 Å². The van der Waals surface area contributed by atoms with E-state index in [0.29, 0.717) is 22.5 Å². The molecule has 0 unspecified atom stereocenters. The predicted molar refractivity (Wildman–Crippen MR) is 102 cm³/mol. The van der Waals surface area contributed by atoms with Crippen molar-refractivity contribution in [1.29, 1.82) is 0 Å². The molecule has 0 fully saturated rings. The third-order valence-corrected chi connectivity index (χ3v) is 3.75. The van der Waals surface area contributed by atoms with Crippen LogP contribution >= 0.6 is 0 Å². The summed E-state index contributed by atoms with van der Waals surface area (Å²) < 4.78 is 6.84. The highest BCUT2D eigenvalue weighted by Crippen LogP contribution is 2.23. The van der Waals surface area contributed by atoms with Crippen molar-refractivity contribution in [2.45, 2.75) is 26.4 Å². The van der Waals surface area contributed by atoms with Crippen LogP contribution in [0.25, 0.3) is 10.9 Å². The zero-order valence-electron chi connectivity index (χ0n) is 14.9. The fraction of sp³-hybridized carbons (Fsp3) is 0.200. The second kappa shape index (κ2) is 6.55. The number of hydrogen-bond donors (Lipinski definition) is 2. The molecule has 2 aromatic carbocycles. The smallest absolute Gasteiger partial charge is 0.418 e. The van der Waals surface area contributed by atoms with E-state index >= 15 is 0 Å².